The molecular weight excluding hydrogens is 272 g/mol. The molecular formula is C14H10N4O3. The summed E-state index contributed by atoms with van der Waals surface area (Å²) in [4.78, 5) is 23.8. The fraction of sp³-hybridized carbons (Fsp3) is 0.143. The van der Waals surface area contributed by atoms with Gasteiger partial charge >= 0.3 is 12.1 Å². The van der Waals surface area contributed by atoms with Crippen molar-refractivity contribution in [1.82, 2.24) is 10.2 Å². The molecule has 3 amide bonds. The molecule has 21 heavy (non-hydrogen) atoms. The average Bonchev–Trinajstić information content (AvgIpc) is 2.46. The number of carboxylic acid groups (broad SMARTS) is 1. The van der Waals surface area contributed by atoms with Crippen molar-refractivity contribution in [2.75, 3.05) is 0 Å². The topological polar surface area (TPSA) is 117 Å². The van der Waals surface area contributed by atoms with Crippen LogP contribution in [0.25, 0.3) is 0 Å². The van der Waals surface area contributed by atoms with Crippen LogP contribution in [-0.2, 0) is 0 Å². The number of hydrogen-bond acceptors (Lipinski definition) is 4. The summed E-state index contributed by atoms with van der Waals surface area (Å²) in [7, 11) is 0. The summed E-state index contributed by atoms with van der Waals surface area (Å²) in [5.41, 5.74) is 1.13. The third kappa shape index (κ3) is 2.40. The van der Waals surface area contributed by atoms with Gasteiger partial charge in [0.15, 0.2) is 0 Å². The van der Waals surface area contributed by atoms with Crippen LogP contribution in [0.2, 0.25) is 0 Å². The highest BCUT2D eigenvalue weighted by Gasteiger charge is 2.38. The highest BCUT2D eigenvalue weighted by molar-refractivity contribution is 5.93. The van der Waals surface area contributed by atoms with Crippen LogP contribution in [-0.4, -0.2) is 22.1 Å². The SMILES string of the molecule is CC1=C(C#N)C(c2cccc(C#N)c2)N(C(=O)O)C(=O)N1. The number of carbonyl (C=O) groups excluding carboxylic acids is 1. The monoisotopic (exact) mass is 282 g/mol. The van der Waals surface area contributed by atoms with Crippen LogP contribution >= 0.6 is 0 Å². The molecule has 2 N–H and O–H groups in total. The first-order valence-corrected chi connectivity index (χ1v) is 5.93. The molecule has 2 rings (SSSR count). The standard InChI is InChI=1S/C14H10N4O3/c1-8-11(7-16)12(18(14(20)21)13(19)17-8)10-4-2-3-9(5-10)6-15/h2-5,12H,1H3,(H,17,19)(H,20,21). The van der Waals surface area contributed by atoms with Gasteiger partial charge in [-0.25, -0.2) is 14.5 Å². The lowest BCUT2D eigenvalue weighted by molar-refractivity contribution is 0.136. The molecule has 104 valence electrons. The van der Waals surface area contributed by atoms with Gasteiger partial charge in [0.25, 0.3) is 0 Å². The van der Waals surface area contributed by atoms with Gasteiger partial charge in [0.05, 0.1) is 23.3 Å². The Morgan fingerprint density at radius 1 is 1.38 bits per heavy atom. The number of carbonyl (C=O) groups is 2. The van der Waals surface area contributed by atoms with Crippen LogP contribution in [0.4, 0.5) is 9.59 Å². The van der Waals surface area contributed by atoms with Crippen LogP contribution in [0.3, 0.4) is 0 Å². The van der Waals surface area contributed by atoms with Crippen LogP contribution in [0.5, 0.6) is 0 Å². The average molecular weight is 282 g/mol. The number of nitrogens with one attached hydrogen (secondary N) is 1. The number of allylic oxidation sites excluding steroid dienone is 1. The van der Waals surface area contributed by atoms with Gasteiger partial charge in [0.1, 0.15) is 6.04 Å². The third-order valence-corrected chi connectivity index (χ3v) is 3.11. The largest absolute Gasteiger partial charge is 0.465 e. The third-order valence-electron chi connectivity index (χ3n) is 3.11. The first-order valence-electron chi connectivity index (χ1n) is 5.93. The molecule has 0 spiro atoms. The molecule has 7 nitrogen and oxygen atoms in total. The minimum atomic E-state index is -1.47. The molecule has 0 saturated carbocycles. The normalized spacial score (nSPS) is 17.8. The maximum Gasteiger partial charge on any atom is 0.416 e. The molecule has 1 aliphatic heterocycles. The molecule has 7 heteroatoms. The molecule has 1 unspecified atom stereocenters. The van der Waals surface area contributed by atoms with Crippen LogP contribution in [0, 0.1) is 22.7 Å². The summed E-state index contributed by atoms with van der Waals surface area (Å²) in [6, 6.07) is 8.14. The number of nitrogens with zero attached hydrogens (tertiary/aromatic N) is 3. The summed E-state index contributed by atoms with van der Waals surface area (Å²) >= 11 is 0. The van der Waals surface area contributed by atoms with E-state index in [1.807, 2.05) is 12.1 Å². The van der Waals surface area contributed by atoms with Gasteiger partial charge in [-0.1, -0.05) is 12.1 Å². The lowest BCUT2D eigenvalue weighted by Gasteiger charge is -2.32. The lowest BCUT2D eigenvalue weighted by Crippen LogP contribution is -2.49. The van der Waals surface area contributed by atoms with Crippen molar-refractivity contribution in [2.45, 2.75) is 13.0 Å². The molecule has 0 radical (unpaired) electrons. The van der Waals surface area contributed by atoms with E-state index in [0.29, 0.717) is 21.7 Å². The molecule has 0 aromatic heterocycles. The summed E-state index contributed by atoms with van der Waals surface area (Å²) < 4.78 is 0. The Balaban J connectivity index is 2.66. The van der Waals surface area contributed by atoms with Gasteiger partial charge < -0.3 is 10.4 Å². The summed E-state index contributed by atoms with van der Waals surface area (Å²) in [5, 5.41) is 29.8. The van der Waals surface area contributed by atoms with Gasteiger partial charge in [-0.2, -0.15) is 10.5 Å². The first-order chi connectivity index (χ1) is 9.99. The van der Waals surface area contributed by atoms with Crippen molar-refractivity contribution < 1.29 is 14.7 Å². The van der Waals surface area contributed by atoms with E-state index in [1.54, 1.807) is 18.2 Å². The Hall–Kier alpha value is -3.32. The number of urea groups is 1. The molecule has 0 saturated heterocycles. The Morgan fingerprint density at radius 3 is 2.67 bits per heavy atom. The van der Waals surface area contributed by atoms with Crippen molar-refractivity contribution >= 4 is 12.1 Å². The molecule has 1 aromatic carbocycles. The van der Waals surface area contributed by atoms with Gasteiger partial charge in [0.2, 0.25) is 0 Å². The summed E-state index contributed by atoms with van der Waals surface area (Å²) in [6.07, 6.45) is -1.47. The molecule has 0 bridgehead atoms. The maximum absolute atomic E-state index is 11.9. The smallest absolute Gasteiger partial charge is 0.416 e. The highest BCUT2D eigenvalue weighted by atomic mass is 16.4. The molecule has 0 fully saturated rings. The second kappa shape index (κ2) is 5.35. The van der Waals surface area contributed by atoms with Gasteiger partial charge in [0, 0.05) is 5.70 Å². The van der Waals surface area contributed by atoms with Crippen LogP contribution < -0.4 is 5.32 Å². The Bertz CT molecular complexity index is 739. The quantitative estimate of drug-likeness (QED) is 0.817. The van der Waals surface area contributed by atoms with E-state index in [1.165, 1.54) is 13.0 Å². The number of hydrogen-bond donors (Lipinski definition) is 2. The van der Waals surface area contributed by atoms with E-state index in [2.05, 4.69) is 5.32 Å². The number of benzene rings is 1. The van der Waals surface area contributed by atoms with Crippen LogP contribution in [0.1, 0.15) is 24.1 Å². The predicted molar refractivity (Wildman–Crippen MR) is 70.6 cm³/mol. The van der Waals surface area contributed by atoms with Crippen molar-refractivity contribution in [3.63, 3.8) is 0 Å². The van der Waals surface area contributed by atoms with E-state index in [0.717, 1.165) is 0 Å². The van der Waals surface area contributed by atoms with Crippen molar-refractivity contribution in [2.24, 2.45) is 0 Å². The molecule has 1 heterocycles. The van der Waals surface area contributed by atoms with Crippen molar-refractivity contribution in [1.29, 1.82) is 10.5 Å². The van der Waals surface area contributed by atoms with Gasteiger partial charge in [-0.15, -0.1) is 0 Å². The number of rotatable bonds is 1. The zero-order chi connectivity index (χ0) is 15.6. The second-order valence-corrected chi connectivity index (χ2v) is 4.37. The fourth-order valence-electron chi connectivity index (χ4n) is 2.18. The van der Waals surface area contributed by atoms with E-state index in [-0.39, 0.29) is 5.57 Å². The van der Waals surface area contributed by atoms with E-state index < -0.39 is 18.2 Å². The second-order valence-electron chi connectivity index (χ2n) is 4.37. The Labute approximate surface area is 120 Å². The fourth-order valence-corrected chi connectivity index (χ4v) is 2.18. The van der Waals surface area contributed by atoms with Crippen molar-refractivity contribution in [3.8, 4) is 12.1 Å². The van der Waals surface area contributed by atoms with Gasteiger partial charge in [-0.3, -0.25) is 0 Å². The maximum atomic E-state index is 11.9. The van der Waals surface area contributed by atoms with E-state index in [4.69, 9.17) is 5.26 Å². The highest BCUT2D eigenvalue weighted by Crippen LogP contribution is 2.33. The Kier molecular flexibility index (Phi) is 3.59. The number of nitriles is 2. The first kappa shape index (κ1) is 14.1. The zero-order valence-electron chi connectivity index (χ0n) is 11.0. The summed E-state index contributed by atoms with van der Waals surface area (Å²) in [5.74, 6) is 0. The molecule has 1 aromatic rings. The lowest BCUT2D eigenvalue weighted by atomic mass is 9.94. The van der Waals surface area contributed by atoms with E-state index in [9.17, 15) is 20.0 Å². The molecule has 0 aliphatic carbocycles. The number of amides is 3. The van der Waals surface area contributed by atoms with Crippen LogP contribution in [0.15, 0.2) is 35.5 Å². The molecule has 1 aliphatic rings. The number of imide groups is 1. The van der Waals surface area contributed by atoms with Crippen molar-refractivity contribution in [3.05, 3.63) is 46.7 Å². The zero-order valence-corrected chi connectivity index (χ0v) is 11.0. The summed E-state index contributed by atoms with van der Waals surface area (Å²) in [6.45, 7) is 1.52. The Morgan fingerprint density at radius 2 is 2.10 bits per heavy atom. The minimum absolute atomic E-state index is 0.118. The van der Waals surface area contributed by atoms with Gasteiger partial charge in [-0.05, 0) is 24.6 Å². The minimum Gasteiger partial charge on any atom is -0.465 e. The van der Waals surface area contributed by atoms with E-state index >= 15 is 0 Å². The predicted octanol–water partition coefficient (Wildman–Crippen LogP) is 2.10. The molecule has 1 atom stereocenters.